The zero-order valence-electron chi connectivity index (χ0n) is 11.0. The summed E-state index contributed by atoms with van der Waals surface area (Å²) in [5.41, 5.74) is 0. The van der Waals surface area contributed by atoms with Crippen LogP contribution in [0.3, 0.4) is 0 Å². The van der Waals surface area contributed by atoms with E-state index in [0.717, 1.165) is 23.1 Å². The Bertz CT molecular complexity index is 736. The molecule has 0 spiro atoms. The summed E-state index contributed by atoms with van der Waals surface area (Å²) in [5.74, 6) is 0. The number of likely N-dealkylation sites (N-methyl/N-ethyl adjacent to an activating group) is 1. The molecule has 1 N–H and O–H groups in total. The molecule has 0 radical (unpaired) electrons. The third-order valence-corrected chi connectivity index (χ3v) is 7.35. The van der Waals surface area contributed by atoms with Crippen LogP contribution in [0.1, 0.15) is 6.42 Å². The second kappa shape index (κ2) is 5.27. The molecular formula is C13H15ClN2O2S2. The van der Waals surface area contributed by atoms with Crippen molar-refractivity contribution < 1.29 is 8.42 Å². The van der Waals surface area contributed by atoms with Crippen LogP contribution in [0.4, 0.5) is 0 Å². The Labute approximate surface area is 127 Å². The molecule has 3 rings (SSSR count). The van der Waals surface area contributed by atoms with Gasteiger partial charge in [0.1, 0.15) is 4.21 Å². The number of thiophene rings is 1. The molecule has 2 heterocycles. The fraction of sp³-hybridized carbons (Fsp3) is 0.385. The molecule has 108 valence electrons. The molecule has 4 nitrogen and oxygen atoms in total. The van der Waals surface area contributed by atoms with E-state index < -0.39 is 10.0 Å². The van der Waals surface area contributed by atoms with Crippen molar-refractivity contribution in [2.75, 3.05) is 20.1 Å². The Kier molecular flexibility index (Phi) is 3.77. The highest BCUT2D eigenvalue weighted by molar-refractivity contribution is 7.91. The maximum Gasteiger partial charge on any atom is 0.252 e. The molecule has 0 amide bonds. The third kappa shape index (κ3) is 2.46. The van der Waals surface area contributed by atoms with Crippen LogP contribution in [0, 0.1) is 0 Å². The number of halogens is 1. The van der Waals surface area contributed by atoms with E-state index in [1.807, 2.05) is 6.07 Å². The van der Waals surface area contributed by atoms with E-state index in [1.54, 1.807) is 25.2 Å². The fourth-order valence-electron chi connectivity index (χ4n) is 2.40. The lowest BCUT2D eigenvalue weighted by Gasteiger charge is -2.22. The Balaban J connectivity index is 1.99. The monoisotopic (exact) mass is 330 g/mol. The van der Waals surface area contributed by atoms with Crippen molar-refractivity contribution in [2.24, 2.45) is 0 Å². The van der Waals surface area contributed by atoms with Gasteiger partial charge in [0.05, 0.1) is 0 Å². The molecule has 1 unspecified atom stereocenters. The first-order valence-electron chi connectivity index (χ1n) is 6.36. The summed E-state index contributed by atoms with van der Waals surface area (Å²) in [6, 6.07) is 7.18. The largest absolute Gasteiger partial charge is 0.315 e. The smallest absolute Gasteiger partial charge is 0.252 e. The maximum absolute atomic E-state index is 12.6. The van der Waals surface area contributed by atoms with Gasteiger partial charge in [-0.3, -0.25) is 0 Å². The maximum atomic E-state index is 12.6. The van der Waals surface area contributed by atoms with Crippen LogP contribution in [0.15, 0.2) is 28.5 Å². The molecule has 1 saturated heterocycles. The summed E-state index contributed by atoms with van der Waals surface area (Å²) in [6.45, 7) is 1.58. The highest BCUT2D eigenvalue weighted by Crippen LogP contribution is 2.33. The minimum Gasteiger partial charge on any atom is -0.315 e. The van der Waals surface area contributed by atoms with Gasteiger partial charge in [0.2, 0.25) is 0 Å². The van der Waals surface area contributed by atoms with Crippen LogP contribution < -0.4 is 5.32 Å². The van der Waals surface area contributed by atoms with Crippen molar-refractivity contribution in [3.05, 3.63) is 29.3 Å². The molecule has 1 atom stereocenters. The van der Waals surface area contributed by atoms with Crippen molar-refractivity contribution >= 4 is 43.0 Å². The number of nitrogens with zero attached hydrogens (tertiary/aromatic N) is 1. The third-order valence-electron chi connectivity index (χ3n) is 3.64. The van der Waals surface area contributed by atoms with Crippen LogP contribution in [-0.2, 0) is 10.0 Å². The van der Waals surface area contributed by atoms with Gasteiger partial charge in [-0.15, -0.1) is 11.3 Å². The molecular weight excluding hydrogens is 316 g/mol. The fourth-order valence-corrected chi connectivity index (χ4v) is 5.54. The average molecular weight is 331 g/mol. The van der Waals surface area contributed by atoms with Gasteiger partial charge in [0, 0.05) is 29.4 Å². The van der Waals surface area contributed by atoms with Gasteiger partial charge in [-0.05, 0) is 42.6 Å². The molecule has 0 bridgehead atoms. The van der Waals surface area contributed by atoms with Gasteiger partial charge < -0.3 is 5.32 Å². The summed E-state index contributed by atoms with van der Waals surface area (Å²) in [7, 11) is -1.77. The highest BCUT2D eigenvalue weighted by atomic mass is 35.5. The lowest BCUT2D eigenvalue weighted by atomic mass is 10.3. The molecule has 1 fully saturated rings. The van der Waals surface area contributed by atoms with Crippen molar-refractivity contribution in [2.45, 2.75) is 16.7 Å². The van der Waals surface area contributed by atoms with Gasteiger partial charge in [-0.2, -0.15) is 4.31 Å². The molecule has 1 aliphatic heterocycles. The first-order chi connectivity index (χ1) is 9.48. The number of fused-ring (bicyclic) bond motifs is 1. The van der Waals surface area contributed by atoms with Gasteiger partial charge in [-0.1, -0.05) is 11.6 Å². The van der Waals surface area contributed by atoms with Gasteiger partial charge in [0.15, 0.2) is 0 Å². The van der Waals surface area contributed by atoms with Crippen molar-refractivity contribution in [1.29, 1.82) is 0 Å². The predicted molar refractivity (Wildman–Crippen MR) is 83.1 cm³/mol. The van der Waals surface area contributed by atoms with Crippen molar-refractivity contribution in [3.8, 4) is 0 Å². The average Bonchev–Trinajstić information content (AvgIpc) is 3.06. The van der Waals surface area contributed by atoms with Crippen LogP contribution >= 0.6 is 22.9 Å². The second-order valence-corrected chi connectivity index (χ2v) is 8.66. The molecule has 20 heavy (non-hydrogen) atoms. The van der Waals surface area contributed by atoms with Crippen molar-refractivity contribution in [1.82, 2.24) is 9.62 Å². The van der Waals surface area contributed by atoms with Crippen molar-refractivity contribution in [3.63, 3.8) is 0 Å². The minimum absolute atomic E-state index is 0.0359. The predicted octanol–water partition coefficient (Wildman–Crippen LogP) is 2.54. The summed E-state index contributed by atoms with van der Waals surface area (Å²) in [6.07, 6.45) is 0.854. The molecule has 7 heteroatoms. The number of rotatable bonds is 3. The van der Waals surface area contributed by atoms with E-state index >= 15 is 0 Å². The van der Waals surface area contributed by atoms with Crippen LogP contribution in [-0.4, -0.2) is 38.9 Å². The first-order valence-corrected chi connectivity index (χ1v) is 9.00. The number of benzene rings is 1. The summed E-state index contributed by atoms with van der Waals surface area (Å²) < 4.78 is 28.1. The lowest BCUT2D eigenvalue weighted by molar-refractivity contribution is 0.389. The Morgan fingerprint density at radius 2 is 2.20 bits per heavy atom. The number of sulfonamides is 1. The molecule has 2 aromatic rings. The van der Waals surface area contributed by atoms with E-state index in [4.69, 9.17) is 11.6 Å². The van der Waals surface area contributed by atoms with Gasteiger partial charge in [-0.25, -0.2) is 8.42 Å². The Hall–Kier alpha value is -0.660. The van der Waals surface area contributed by atoms with E-state index in [1.165, 1.54) is 15.6 Å². The summed E-state index contributed by atoms with van der Waals surface area (Å²) >= 11 is 7.24. The van der Waals surface area contributed by atoms with E-state index in [0.29, 0.717) is 15.8 Å². The van der Waals surface area contributed by atoms with Gasteiger partial charge in [0.25, 0.3) is 10.0 Å². The second-order valence-electron chi connectivity index (χ2n) is 4.92. The Morgan fingerprint density at radius 1 is 1.40 bits per heavy atom. The number of hydrogen-bond donors (Lipinski definition) is 1. The molecule has 1 aromatic carbocycles. The van der Waals surface area contributed by atoms with E-state index in [9.17, 15) is 8.42 Å². The SMILES string of the molecule is CN(C1CCNC1)S(=O)(=O)c1cc2cc(Cl)ccc2s1. The summed E-state index contributed by atoms with van der Waals surface area (Å²) in [5, 5.41) is 4.68. The molecule has 0 aliphatic carbocycles. The standard InChI is InChI=1S/C13H15ClN2O2S2/c1-16(11-4-5-15-8-11)20(17,18)13-7-9-6-10(14)2-3-12(9)19-13/h2-3,6-7,11,15H,4-5,8H2,1H3. The van der Waals surface area contributed by atoms with Crippen LogP contribution in [0.2, 0.25) is 5.02 Å². The number of nitrogens with one attached hydrogen (secondary N) is 1. The highest BCUT2D eigenvalue weighted by Gasteiger charge is 2.31. The molecule has 1 aromatic heterocycles. The normalized spacial score (nSPS) is 20.1. The number of hydrogen-bond acceptors (Lipinski definition) is 4. The quantitative estimate of drug-likeness (QED) is 0.941. The van der Waals surface area contributed by atoms with E-state index in [2.05, 4.69) is 5.32 Å². The topological polar surface area (TPSA) is 49.4 Å². The zero-order valence-corrected chi connectivity index (χ0v) is 13.4. The summed E-state index contributed by atoms with van der Waals surface area (Å²) in [4.78, 5) is 0. The van der Waals surface area contributed by atoms with Crippen LogP contribution in [0.25, 0.3) is 10.1 Å². The minimum atomic E-state index is -3.43. The lowest BCUT2D eigenvalue weighted by Crippen LogP contribution is -2.37. The Morgan fingerprint density at radius 3 is 2.90 bits per heavy atom. The molecule has 1 aliphatic rings. The zero-order chi connectivity index (χ0) is 14.3. The molecule has 0 saturated carbocycles. The first kappa shape index (κ1) is 14.3. The van der Waals surface area contributed by atoms with E-state index in [-0.39, 0.29) is 6.04 Å². The van der Waals surface area contributed by atoms with Gasteiger partial charge >= 0.3 is 0 Å². The van der Waals surface area contributed by atoms with Crippen LogP contribution in [0.5, 0.6) is 0 Å².